The van der Waals surface area contributed by atoms with E-state index in [1.54, 1.807) is 27.7 Å². The van der Waals surface area contributed by atoms with Gasteiger partial charge in [0.15, 0.2) is 0 Å². The second-order valence-electron chi connectivity index (χ2n) is 7.10. The Kier molecular flexibility index (Phi) is 6.63. The Hall–Kier alpha value is -2.31. The van der Waals surface area contributed by atoms with Crippen LogP contribution in [0.1, 0.15) is 51.8 Å². The van der Waals surface area contributed by atoms with Crippen molar-refractivity contribution in [2.45, 2.75) is 52.4 Å². The van der Waals surface area contributed by atoms with Crippen molar-refractivity contribution < 1.29 is 27.5 Å². The first kappa shape index (κ1) is 21.7. The SMILES string of the molecule is C=C(C(=O)OC(C)(C)C)C(C)C(=O)NC(C)c1ccc(C(F)(F)F)cc1. The fourth-order valence-corrected chi connectivity index (χ4v) is 2.06. The van der Waals surface area contributed by atoms with Crippen LogP contribution < -0.4 is 5.32 Å². The Morgan fingerprint density at radius 1 is 1.08 bits per heavy atom. The van der Waals surface area contributed by atoms with Crippen molar-refractivity contribution in [3.63, 3.8) is 0 Å². The Bertz CT molecular complexity index is 673. The topological polar surface area (TPSA) is 55.4 Å². The maximum Gasteiger partial charge on any atom is 0.416 e. The Balaban J connectivity index is 2.74. The Morgan fingerprint density at radius 2 is 1.58 bits per heavy atom. The van der Waals surface area contributed by atoms with Crippen LogP contribution >= 0.6 is 0 Å². The molecular formula is C19H24F3NO3. The van der Waals surface area contributed by atoms with E-state index in [1.165, 1.54) is 19.1 Å². The third-order valence-electron chi connectivity index (χ3n) is 3.67. The average molecular weight is 371 g/mol. The highest BCUT2D eigenvalue weighted by Crippen LogP contribution is 2.30. The number of hydrogen-bond donors (Lipinski definition) is 1. The number of carbonyl (C=O) groups is 2. The van der Waals surface area contributed by atoms with Gasteiger partial charge < -0.3 is 10.1 Å². The van der Waals surface area contributed by atoms with Crippen LogP contribution in [-0.2, 0) is 20.5 Å². The van der Waals surface area contributed by atoms with Gasteiger partial charge in [0.2, 0.25) is 5.91 Å². The molecular weight excluding hydrogens is 347 g/mol. The molecule has 0 aliphatic rings. The number of carbonyl (C=O) groups excluding carboxylic acids is 2. The summed E-state index contributed by atoms with van der Waals surface area (Å²) in [5.74, 6) is -1.96. The van der Waals surface area contributed by atoms with E-state index in [4.69, 9.17) is 4.74 Å². The van der Waals surface area contributed by atoms with Crippen LogP contribution in [0, 0.1) is 5.92 Å². The zero-order valence-corrected chi connectivity index (χ0v) is 15.5. The van der Waals surface area contributed by atoms with Gasteiger partial charge in [0.05, 0.1) is 17.5 Å². The third-order valence-corrected chi connectivity index (χ3v) is 3.67. The number of ether oxygens (including phenoxy) is 1. The molecule has 1 rings (SSSR count). The van der Waals surface area contributed by atoms with Gasteiger partial charge in [-0.15, -0.1) is 0 Å². The van der Waals surface area contributed by atoms with Crippen LogP contribution in [0.3, 0.4) is 0 Å². The van der Waals surface area contributed by atoms with Gasteiger partial charge in [0.25, 0.3) is 0 Å². The predicted molar refractivity (Wildman–Crippen MR) is 92.2 cm³/mol. The van der Waals surface area contributed by atoms with Crippen molar-refractivity contribution in [2.75, 3.05) is 0 Å². The molecule has 1 N–H and O–H groups in total. The van der Waals surface area contributed by atoms with Crippen LogP contribution in [0.5, 0.6) is 0 Å². The molecule has 0 aliphatic heterocycles. The molecule has 26 heavy (non-hydrogen) atoms. The summed E-state index contributed by atoms with van der Waals surface area (Å²) in [5, 5.41) is 2.66. The number of alkyl halides is 3. The van der Waals surface area contributed by atoms with E-state index in [0.717, 1.165) is 12.1 Å². The molecule has 0 saturated carbocycles. The van der Waals surface area contributed by atoms with E-state index in [-0.39, 0.29) is 5.57 Å². The molecule has 2 unspecified atom stereocenters. The maximum absolute atomic E-state index is 12.6. The molecule has 144 valence electrons. The molecule has 0 aromatic heterocycles. The highest BCUT2D eigenvalue weighted by Gasteiger charge is 2.30. The molecule has 0 spiro atoms. The molecule has 0 saturated heterocycles. The van der Waals surface area contributed by atoms with E-state index >= 15 is 0 Å². The van der Waals surface area contributed by atoms with Gasteiger partial charge in [-0.1, -0.05) is 18.7 Å². The summed E-state index contributed by atoms with van der Waals surface area (Å²) in [4.78, 5) is 24.3. The van der Waals surface area contributed by atoms with E-state index in [2.05, 4.69) is 11.9 Å². The minimum atomic E-state index is -4.41. The lowest BCUT2D eigenvalue weighted by Gasteiger charge is -2.23. The summed E-state index contributed by atoms with van der Waals surface area (Å²) in [6.45, 7) is 11.9. The van der Waals surface area contributed by atoms with Crippen molar-refractivity contribution in [3.8, 4) is 0 Å². The zero-order chi connectivity index (χ0) is 20.3. The number of rotatable bonds is 5. The van der Waals surface area contributed by atoms with E-state index in [0.29, 0.717) is 5.56 Å². The van der Waals surface area contributed by atoms with Gasteiger partial charge in [-0.25, -0.2) is 4.79 Å². The van der Waals surface area contributed by atoms with Crippen molar-refractivity contribution in [3.05, 3.63) is 47.5 Å². The van der Waals surface area contributed by atoms with Gasteiger partial charge in [0, 0.05) is 5.57 Å². The lowest BCUT2D eigenvalue weighted by atomic mass is 10.00. The molecule has 1 aromatic rings. The fourth-order valence-electron chi connectivity index (χ4n) is 2.06. The molecule has 0 bridgehead atoms. The molecule has 4 nitrogen and oxygen atoms in total. The molecule has 0 radical (unpaired) electrons. The third kappa shape index (κ3) is 6.20. The van der Waals surface area contributed by atoms with Crippen molar-refractivity contribution >= 4 is 11.9 Å². The fraction of sp³-hybridized carbons (Fsp3) is 0.474. The van der Waals surface area contributed by atoms with Crippen LogP contribution in [0.2, 0.25) is 0 Å². The van der Waals surface area contributed by atoms with Crippen LogP contribution in [0.15, 0.2) is 36.4 Å². The van der Waals surface area contributed by atoms with Crippen LogP contribution in [0.4, 0.5) is 13.2 Å². The minimum Gasteiger partial charge on any atom is -0.457 e. The number of esters is 1. The summed E-state index contributed by atoms with van der Waals surface area (Å²) < 4.78 is 43.0. The maximum atomic E-state index is 12.6. The first-order valence-corrected chi connectivity index (χ1v) is 8.12. The second kappa shape index (κ2) is 7.93. The number of halogens is 3. The lowest BCUT2D eigenvalue weighted by Crippen LogP contribution is -2.35. The molecule has 0 heterocycles. The normalized spacial score (nSPS) is 14.3. The quantitative estimate of drug-likeness (QED) is 0.616. The number of amides is 1. The monoisotopic (exact) mass is 371 g/mol. The largest absolute Gasteiger partial charge is 0.457 e. The summed E-state index contributed by atoms with van der Waals surface area (Å²) in [7, 11) is 0. The molecule has 0 aliphatic carbocycles. The average Bonchev–Trinajstić information content (AvgIpc) is 2.50. The Labute approximate surface area is 151 Å². The second-order valence-corrected chi connectivity index (χ2v) is 7.10. The highest BCUT2D eigenvalue weighted by molar-refractivity contribution is 5.96. The molecule has 7 heteroatoms. The standard InChI is InChI=1S/C19H24F3NO3/c1-11(12(2)17(25)26-18(4,5)6)16(24)23-13(3)14-7-9-15(10-8-14)19(20,21)22/h7-11,13H,2H2,1,3-6H3,(H,23,24). The molecule has 1 aromatic carbocycles. The summed E-state index contributed by atoms with van der Waals surface area (Å²) in [6, 6.07) is 4.00. The van der Waals surface area contributed by atoms with Gasteiger partial charge in [-0.3, -0.25) is 4.79 Å². The lowest BCUT2D eigenvalue weighted by molar-refractivity contribution is -0.151. The van der Waals surface area contributed by atoms with Crippen molar-refractivity contribution in [1.29, 1.82) is 0 Å². The van der Waals surface area contributed by atoms with Gasteiger partial charge in [-0.05, 0) is 52.3 Å². The Morgan fingerprint density at radius 3 is 2.00 bits per heavy atom. The van der Waals surface area contributed by atoms with Crippen molar-refractivity contribution in [2.24, 2.45) is 5.92 Å². The van der Waals surface area contributed by atoms with E-state index < -0.39 is 41.2 Å². The molecule has 0 fully saturated rings. The molecule has 2 atom stereocenters. The summed E-state index contributed by atoms with van der Waals surface area (Å²) >= 11 is 0. The smallest absolute Gasteiger partial charge is 0.416 e. The van der Waals surface area contributed by atoms with Gasteiger partial charge in [-0.2, -0.15) is 13.2 Å². The van der Waals surface area contributed by atoms with E-state index in [1.807, 2.05) is 0 Å². The van der Waals surface area contributed by atoms with Gasteiger partial charge in [0.1, 0.15) is 5.60 Å². The molecule has 1 amide bonds. The predicted octanol–water partition coefficient (Wildman–Crippen LogP) is 4.42. The first-order chi connectivity index (χ1) is 11.7. The number of nitrogens with one attached hydrogen (secondary N) is 1. The highest BCUT2D eigenvalue weighted by atomic mass is 19.4. The van der Waals surface area contributed by atoms with E-state index in [9.17, 15) is 22.8 Å². The first-order valence-electron chi connectivity index (χ1n) is 8.12. The van der Waals surface area contributed by atoms with Crippen molar-refractivity contribution in [1.82, 2.24) is 5.32 Å². The summed E-state index contributed by atoms with van der Waals surface area (Å²) in [6.07, 6.45) is -4.41. The number of hydrogen-bond acceptors (Lipinski definition) is 3. The minimum absolute atomic E-state index is 0.0112. The van der Waals surface area contributed by atoms with Gasteiger partial charge >= 0.3 is 12.1 Å². The van der Waals surface area contributed by atoms with Crippen LogP contribution in [-0.4, -0.2) is 17.5 Å². The summed E-state index contributed by atoms with van der Waals surface area (Å²) in [5.41, 5.74) is -0.936. The van der Waals surface area contributed by atoms with Crippen LogP contribution in [0.25, 0.3) is 0 Å². The zero-order valence-electron chi connectivity index (χ0n) is 15.5. The number of benzene rings is 1.